The van der Waals surface area contributed by atoms with Crippen molar-refractivity contribution < 1.29 is 10.0 Å². The van der Waals surface area contributed by atoms with Crippen LogP contribution >= 0.6 is 0 Å². The first-order valence-electron chi connectivity index (χ1n) is 6.72. The third kappa shape index (κ3) is 3.11. The molecule has 2 atom stereocenters. The number of nitro benzene ring substituents is 1. The molecule has 1 saturated heterocycles. The number of non-ortho nitro benzene ring substituents is 1. The van der Waals surface area contributed by atoms with Crippen LogP contribution in [0, 0.1) is 16.0 Å². The lowest BCUT2D eigenvalue weighted by Crippen LogP contribution is -2.31. The molecule has 1 aromatic carbocycles. The summed E-state index contributed by atoms with van der Waals surface area (Å²) >= 11 is 0. The van der Waals surface area contributed by atoms with Crippen LogP contribution in [0.2, 0.25) is 0 Å². The molecule has 1 heterocycles. The molecule has 19 heavy (non-hydrogen) atoms. The monoisotopic (exact) mass is 264 g/mol. The van der Waals surface area contributed by atoms with Crippen LogP contribution in [0.4, 0.5) is 5.69 Å². The Balaban J connectivity index is 2.24. The van der Waals surface area contributed by atoms with Gasteiger partial charge in [-0.2, -0.15) is 0 Å². The topological polar surface area (TPSA) is 66.6 Å². The van der Waals surface area contributed by atoms with Crippen LogP contribution in [-0.2, 0) is 0 Å². The molecule has 0 saturated carbocycles. The fourth-order valence-corrected chi connectivity index (χ4v) is 2.81. The highest BCUT2D eigenvalue weighted by Gasteiger charge is 2.28. The van der Waals surface area contributed by atoms with Crippen molar-refractivity contribution in [1.29, 1.82) is 0 Å². The summed E-state index contributed by atoms with van der Waals surface area (Å²) in [6, 6.07) is 6.86. The highest BCUT2D eigenvalue weighted by Crippen LogP contribution is 2.32. The van der Waals surface area contributed by atoms with Crippen molar-refractivity contribution in [1.82, 2.24) is 4.90 Å². The predicted octanol–water partition coefficient (Wildman–Crippen LogP) is 2.36. The van der Waals surface area contributed by atoms with Gasteiger partial charge < -0.3 is 5.11 Å². The Morgan fingerprint density at radius 1 is 1.32 bits per heavy atom. The first-order valence-corrected chi connectivity index (χ1v) is 6.72. The number of likely N-dealkylation sites (tertiary alicyclic amines) is 1. The van der Waals surface area contributed by atoms with E-state index in [1.54, 1.807) is 12.1 Å². The molecule has 1 fully saturated rings. The third-order valence-electron chi connectivity index (χ3n) is 3.81. The van der Waals surface area contributed by atoms with Crippen LogP contribution < -0.4 is 0 Å². The summed E-state index contributed by atoms with van der Waals surface area (Å²) in [6.07, 6.45) is 2.36. The van der Waals surface area contributed by atoms with Crippen molar-refractivity contribution in [3.63, 3.8) is 0 Å². The predicted molar refractivity (Wildman–Crippen MR) is 72.9 cm³/mol. The average molecular weight is 264 g/mol. The van der Waals surface area contributed by atoms with Gasteiger partial charge >= 0.3 is 0 Å². The Labute approximate surface area is 113 Å². The summed E-state index contributed by atoms with van der Waals surface area (Å²) in [5.74, 6) is 0.125. The maximum Gasteiger partial charge on any atom is 0.269 e. The van der Waals surface area contributed by atoms with Gasteiger partial charge in [0, 0.05) is 24.8 Å². The largest absolute Gasteiger partial charge is 0.396 e. The van der Waals surface area contributed by atoms with E-state index in [0.717, 1.165) is 18.7 Å². The molecule has 0 amide bonds. The summed E-state index contributed by atoms with van der Waals surface area (Å²) in [6.45, 7) is 4.21. The quantitative estimate of drug-likeness (QED) is 0.655. The third-order valence-corrected chi connectivity index (χ3v) is 3.81. The lowest BCUT2D eigenvalue weighted by atomic mass is 9.93. The lowest BCUT2D eigenvalue weighted by Gasteiger charge is -2.32. The highest BCUT2D eigenvalue weighted by molar-refractivity contribution is 5.34. The van der Waals surface area contributed by atoms with Gasteiger partial charge in [-0.05, 0) is 37.4 Å². The van der Waals surface area contributed by atoms with Gasteiger partial charge in [-0.25, -0.2) is 0 Å². The summed E-state index contributed by atoms with van der Waals surface area (Å²) in [5.41, 5.74) is 1.16. The van der Waals surface area contributed by atoms with Crippen molar-refractivity contribution >= 4 is 5.69 Å². The molecule has 2 unspecified atom stereocenters. The van der Waals surface area contributed by atoms with Crippen LogP contribution in [0.1, 0.15) is 31.4 Å². The number of aliphatic hydroxyl groups excluding tert-OH is 1. The maximum absolute atomic E-state index is 10.7. The maximum atomic E-state index is 10.7. The first kappa shape index (κ1) is 14.0. The fraction of sp³-hybridized carbons (Fsp3) is 0.571. The Hall–Kier alpha value is -1.46. The van der Waals surface area contributed by atoms with Crippen molar-refractivity contribution in [2.75, 3.05) is 19.7 Å². The summed E-state index contributed by atoms with van der Waals surface area (Å²) in [4.78, 5) is 12.7. The van der Waals surface area contributed by atoms with Gasteiger partial charge in [-0.15, -0.1) is 0 Å². The van der Waals surface area contributed by atoms with Gasteiger partial charge in [-0.3, -0.25) is 15.0 Å². The lowest BCUT2D eigenvalue weighted by molar-refractivity contribution is -0.384. The van der Waals surface area contributed by atoms with Crippen LogP contribution in [0.5, 0.6) is 0 Å². The Kier molecular flexibility index (Phi) is 4.50. The standard InChI is InChI=1S/C14H20N2O3/c1-11(10-17)14(15-8-2-3-9-15)12-4-6-13(7-5-12)16(18)19/h4-7,11,14,17H,2-3,8-10H2,1H3. The smallest absolute Gasteiger partial charge is 0.269 e. The Bertz CT molecular complexity index is 427. The molecule has 5 heteroatoms. The minimum absolute atomic E-state index is 0.112. The second-order valence-electron chi connectivity index (χ2n) is 5.20. The molecule has 0 radical (unpaired) electrons. The number of nitro groups is 1. The minimum atomic E-state index is -0.385. The average Bonchev–Trinajstić information content (AvgIpc) is 2.93. The van der Waals surface area contributed by atoms with E-state index in [1.165, 1.54) is 12.8 Å². The molecular formula is C14H20N2O3. The van der Waals surface area contributed by atoms with E-state index in [1.807, 2.05) is 19.1 Å². The van der Waals surface area contributed by atoms with E-state index in [2.05, 4.69) is 4.90 Å². The minimum Gasteiger partial charge on any atom is -0.396 e. The number of rotatable bonds is 5. The second kappa shape index (κ2) is 6.12. The van der Waals surface area contributed by atoms with Gasteiger partial charge in [0.05, 0.1) is 4.92 Å². The first-order chi connectivity index (χ1) is 9.13. The summed E-state index contributed by atoms with van der Waals surface area (Å²) in [7, 11) is 0. The van der Waals surface area contributed by atoms with Gasteiger partial charge in [-0.1, -0.05) is 19.1 Å². The molecular weight excluding hydrogens is 244 g/mol. The Morgan fingerprint density at radius 2 is 1.89 bits per heavy atom. The summed E-state index contributed by atoms with van der Waals surface area (Å²) in [5, 5.41) is 20.1. The molecule has 0 aromatic heterocycles. The molecule has 5 nitrogen and oxygen atoms in total. The van der Waals surface area contributed by atoms with E-state index in [4.69, 9.17) is 0 Å². The molecule has 0 bridgehead atoms. The van der Waals surface area contributed by atoms with Crippen molar-refractivity contribution in [2.45, 2.75) is 25.8 Å². The van der Waals surface area contributed by atoms with Crippen molar-refractivity contribution in [2.24, 2.45) is 5.92 Å². The number of benzene rings is 1. The summed E-state index contributed by atoms with van der Waals surface area (Å²) < 4.78 is 0. The second-order valence-corrected chi connectivity index (χ2v) is 5.20. The molecule has 2 rings (SSSR count). The van der Waals surface area contributed by atoms with Crippen LogP contribution in [0.3, 0.4) is 0 Å². The molecule has 1 aromatic rings. The van der Waals surface area contributed by atoms with Crippen LogP contribution in [0.25, 0.3) is 0 Å². The van der Waals surface area contributed by atoms with E-state index in [0.29, 0.717) is 0 Å². The van der Waals surface area contributed by atoms with Gasteiger partial charge in [0.2, 0.25) is 0 Å². The molecule has 104 valence electrons. The van der Waals surface area contributed by atoms with Crippen LogP contribution in [-0.4, -0.2) is 34.6 Å². The molecule has 0 spiro atoms. The molecule has 1 N–H and O–H groups in total. The fourth-order valence-electron chi connectivity index (χ4n) is 2.81. The Morgan fingerprint density at radius 3 is 2.37 bits per heavy atom. The van der Waals surface area contributed by atoms with E-state index in [9.17, 15) is 15.2 Å². The van der Waals surface area contributed by atoms with Gasteiger partial charge in [0.1, 0.15) is 0 Å². The number of hydrogen-bond donors (Lipinski definition) is 1. The molecule has 1 aliphatic heterocycles. The normalized spacial score (nSPS) is 19.3. The van der Waals surface area contributed by atoms with E-state index < -0.39 is 0 Å². The van der Waals surface area contributed by atoms with E-state index in [-0.39, 0.29) is 29.2 Å². The zero-order chi connectivity index (χ0) is 13.8. The number of nitrogens with zero attached hydrogens (tertiary/aromatic N) is 2. The van der Waals surface area contributed by atoms with Crippen molar-refractivity contribution in [3.05, 3.63) is 39.9 Å². The van der Waals surface area contributed by atoms with Gasteiger partial charge in [0.25, 0.3) is 5.69 Å². The molecule has 0 aliphatic carbocycles. The highest BCUT2D eigenvalue weighted by atomic mass is 16.6. The van der Waals surface area contributed by atoms with Gasteiger partial charge in [0.15, 0.2) is 0 Å². The van der Waals surface area contributed by atoms with Crippen LogP contribution in [0.15, 0.2) is 24.3 Å². The zero-order valence-corrected chi connectivity index (χ0v) is 11.2. The number of aliphatic hydroxyl groups is 1. The van der Waals surface area contributed by atoms with E-state index >= 15 is 0 Å². The SMILES string of the molecule is CC(CO)C(c1ccc([N+](=O)[O-])cc1)N1CCCC1. The molecule has 1 aliphatic rings. The van der Waals surface area contributed by atoms with Crippen molar-refractivity contribution in [3.8, 4) is 0 Å². The number of hydrogen-bond acceptors (Lipinski definition) is 4. The zero-order valence-electron chi connectivity index (χ0n) is 11.2.